The monoisotopic (exact) mass is 232 g/mol. The van der Waals surface area contributed by atoms with Gasteiger partial charge in [0.25, 0.3) is 0 Å². The lowest BCUT2D eigenvalue weighted by Crippen LogP contribution is -2.34. The highest BCUT2D eigenvalue weighted by Gasteiger charge is 2.10. The van der Waals surface area contributed by atoms with Crippen LogP contribution in [0, 0.1) is 0 Å². The Balaban J connectivity index is 3.47. The Labute approximate surface area is 97.8 Å². The van der Waals surface area contributed by atoms with E-state index in [9.17, 15) is 4.79 Å². The van der Waals surface area contributed by atoms with Crippen molar-refractivity contribution in [2.45, 2.75) is 44.9 Å². The highest BCUT2D eigenvalue weighted by atomic mass is 32.2. The summed E-state index contributed by atoms with van der Waals surface area (Å²) in [6.07, 6.45) is 0.552. The molecular formula is C11H24N2OS. The quantitative estimate of drug-likeness (QED) is 0.684. The van der Waals surface area contributed by atoms with Crippen molar-refractivity contribution >= 4 is 17.7 Å². The molecule has 0 aromatic carbocycles. The third kappa shape index (κ3) is 10.1. The van der Waals surface area contributed by atoms with Crippen LogP contribution in [0.5, 0.6) is 0 Å². The van der Waals surface area contributed by atoms with Crippen LogP contribution in [0.1, 0.15) is 34.1 Å². The lowest BCUT2D eigenvalue weighted by atomic mass is 10.2. The molecule has 0 aliphatic heterocycles. The largest absolute Gasteiger partial charge is 0.359 e. The molecule has 1 unspecified atom stereocenters. The highest BCUT2D eigenvalue weighted by molar-refractivity contribution is 8.00. The molecule has 0 bridgehead atoms. The first-order chi connectivity index (χ1) is 6.85. The van der Waals surface area contributed by atoms with Crippen molar-refractivity contribution in [1.29, 1.82) is 0 Å². The number of rotatable bonds is 6. The van der Waals surface area contributed by atoms with E-state index in [1.54, 1.807) is 7.05 Å². The zero-order valence-corrected chi connectivity index (χ0v) is 11.3. The molecule has 15 heavy (non-hydrogen) atoms. The third-order valence-corrected chi connectivity index (χ3v) is 3.17. The average Bonchev–Trinajstić information content (AvgIpc) is 2.11. The minimum atomic E-state index is 0.0958. The highest BCUT2D eigenvalue weighted by Crippen LogP contribution is 2.22. The molecule has 3 nitrogen and oxygen atoms in total. The Bertz CT molecular complexity index is 190. The minimum Gasteiger partial charge on any atom is -0.359 e. The molecule has 0 heterocycles. The maximum atomic E-state index is 11.1. The molecular weight excluding hydrogens is 208 g/mol. The standard InChI is InChI=1S/C11H24N2OS/c1-9(8-10(14)12-5)13-6-7-15-11(2,3)4/h9,13H,6-8H2,1-5H3,(H,12,14). The Hall–Kier alpha value is -0.220. The van der Waals surface area contributed by atoms with Crippen molar-refractivity contribution in [2.24, 2.45) is 0 Å². The summed E-state index contributed by atoms with van der Waals surface area (Å²) < 4.78 is 0.325. The van der Waals surface area contributed by atoms with Gasteiger partial charge in [0.2, 0.25) is 5.91 Å². The van der Waals surface area contributed by atoms with E-state index in [0.717, 1.165) is 12.3 Å². The SMILES string of the molecule is CNC(=O)CC(C)NCCSC(C)(C)C. The van der Waals surface area contributed by atoms with E-state index in [1.165, 1.54) is 0 Å². The van der Waals surface area contributed by atoms with Crippen LogP contribution in [-0.4, -0.2) is 36.0 Å². The van der Waals surface area contributed by atoms with Crippen molar-refractivity contribution in [1.82, 2.24) is 10.6 Å². The van der Waals surface area contributed by atoms with E-state index < -0.39 is 0 Å². The van der Waals surface area contributed by atoms with Gasteiger partial charge >= 0.3 is 0 Å². The van der Waals surface area contributed by atoms with Crippen molar-refractivity contribution in [2.75, 3.05) is 19.3 Å². The first-order valence-electron chi connectivity index (χ1n) is 5.43. The van der Waals surface area contributed by atoms with Crippen LogP contribution in [-0.2, 0) is 4.79 Å². The second-order valence-corrected chi connectivity index (χ2v) is 6.61. The molecule has 0 fully saturated rings. The lowest BCUT2D eigenvalue weighted by molar-refractivity contribution is -0.121. The van der Waals surface area contributed by atoms with Gasteiger partial charge in [-0.2, -0.15) is 11.8 Å². The molecule has 1 amide bonds. The molecule has 0 aromatic rings. The van der Waals surface area contributed by atoms with Gasteiger partial charge in [-0.1, -0.05) is 20.8 Å². The van der Waals surface area contributed by atoms with E-state index in [-0.39, 0.29) is 11.9 Å². The summed E-state index contributed by atoms with van der Waals surface area (Å²) in [4.78, 5) is 11.1. The summed E-state index contributed by atoms with van der Waals surface area (Å²) in [7, 11) is 1.67. The number of nitrogens with one attached hydrogen (secondary N) is 2. The predicted octanol–water partition coefficient (Wildman–Crippen LogP) is 1.63. The van der Waals surface area contributed by atoms with Gasteiger partial charge < -0.3 is 10.6 Å². The minimum absolute atomic E-state index is 0.0958. The molecule has 90 valence electrons. The summed E-state index contributed by atoms with van der Waals surface area (Å²) >= 11 is 1.94. The zero-order valence-electron chi connectivity index (χ0n) is 10.5. The van der Waals surface area contributed by atoms with E-state index >= 15 is 0 Å². The van der Waals surface area contributed by atoms with Crippen LogP contribution in [0.4, 0.5) is 0 Å². The Morgan fingerprint density at radius 1 is 1.40 bits per heavy atom. The van der Waals surface area contributed by atoms with Gasteiger partial charge in [-0.05, 0) is 6.92 Å². The maximum absolute atomic E-state index is 11.1. The number of amides is 1. The molecule has 0 aliphatic carbocycles. The number of thioether (sulfide) groups is 1. The maximum Gasteiger partial charge on any atom is 0.221 e. The van der Waals surface area contributed by atoms with Gasteiger partial charge in [0.15, 0.2) is 0 Å². The first-order valence-corrected chi connectivity index (χ1v) is 6.41. The average molecular weight is 232 g/mol. The molecule has 0 rings (SSSR count). The topological polar surface area (TPSA) is 41.1 Å². The van der Waals surface area contributed by atoms with Crippen LogP contribution in [0.3, 0.4) is 0 Å². The molecule has 0 aliphatic rings. The summed E-state index contributed by atoms with van der Waals surface area (Å²) in [6, 6.07) is 0.255. The molecule has 1 atom stereocenters. The third-order valence-electron chi connectivity index (χ3n) is 1.90. The fourth-order valence-electron chi connectivity index (χ4n) is 1.11. The molecule has 0 aromatic heterocycles. The zero-order chi connectivity index (χ0) is 11.9. The Morgan fingerprint density at radius 3 is 2.47 bits per heavy atom. The van der Waals surface area contributed by atoms with Gasteiger partial charge in [-0.25, -0.2) is 0 Å². The van der Waals surface area contributed by atoms with Gasteiger partial charge in [0.1, 0.15) is 0 Å². The molecule has 0 saturated heterocycles. The first kappa shape index (κ1) is 14.8. The van der Waals surface area contributed by atoms with Crippen molar-refractivity contribution < 1.29 is 4.79 Å². The Morgan fingerprint density at radius 2 is 2.00 bits per heavy atom. The lowest BCUT2D eigenvalue weighted by Gasteiger charge is -2.19. The predicted molar refractivity (Wildman–Crippen MR) is 68.4 cm³/mol. The van der Waals surface area contributed by atoms with Crippen LogP contribution in [0.2, 0.25) is 0 Å². The molecule has 0 saturated carbocycles. The van der Waals surface area contributed by atoms with Crippen molar-refractivity contribution in [3.63, 3.8) is 0 Å². The van der Waals surface area contributed by atoms with Crippen LogP contribution in [0.15, 0.2) is 0 Å². The number of carbonyl (C=O) groups is 1. The summed E-state index contributed by atoms with van der Waals surface area (Å²) in [5, 5.41) is 5.97. The molecule has 4 heteroatoms. The normalized spacial score (nSPS) is 13.7. The smallest absolute Gasteiger partial charge is 0.221 e. The fraction of sp³-hybridized carbons (Fsp3) is 0.909. The van der Waals surface area contributed by atoms with E-state index in [4.69, 9.17) is 0 Å². The molecule has 0 spiro atoms. The van der Waals surface area contributed by atoms with E-state index in [1.807, 2.05) is 18.7 Å². The van der Waals surface area contributed by atoms with Crippen LogP contribution < -0.4 is 10.6 Å². The summed E-state index contributed by atoms with van der Waals surface area (Å²) in [5.74, 6) is 1.18. The fourth-order valence-corrected chi connectivity index (χ4v) is 1.95. The molecule has 2 N–H and O–H groups in total. The van der Waals surface area contributed by atoms with Crippen molar-refractivity contribution in [3.05, 3.63) is 0 Å². The number of hydrogen-bond acceptors (Lipinski definition) is 3. The van der Waals surface area contributed by atoms with Crippen LogP contribution in [0.25, 0.3) is 0 Å². The summed E-state index contributed by atoms with van der Waals surface area (Å²) in [5.41, 5.74) is 0. The second-order valence-electron chi connectivity index (χ2n) is 4.69. The number of hydrogen-bond donors (Lipinski definition) is 2. The second kappa shape index (κ2) is 7.12. The van der Waals surface area contributed by atoms with E-state index in [0.29, 0.717) is 11.2 Å². The van der Waals surface area contributed by atoms with E-state index in [2.05, 4.69) is 31.4 Å². The van der Waals surface area contributed by atoms with Gasteiger partial charge in [-0.15, -0.1) is 0 Å². The molecule has 0 radical (unpaired) electrons. The van der Waals surface area contributed by atoms with Crippen LogP contribution >= 0.6 is 11.8 Å². The van der Waals surface area contributed by atoms with Gasteiger partial charge in [0.05, 0.1) is 0 Å². The van der Waals surface area contributed by atoms with Gasteiger partial charge in [-0.3, -0.25) is 4.79 Å². The Kier molecular flexibility index (Phi) is 7.02. The van der Waals surface area contributed by atoms with Crippen molar-refractivity contribution in [3.8, 4) is 0 Å². The number of carbonyl (C=O) groups excluding carboxylic acids is 1. The van der Waals surface area contributed by atoms with Gasteiger partial charge in [0, 0.05) is 36.6 Å². The summed E-state index contributed by atoms with van der Waals surface area (Å²) in [6.45, 7) is 9.64.